The molecule has 0 unspecified atom stereocenters. The van der Waals surface area contributed by atoms with E-state index in [0.717, 1.165) is 27.4 Å². The molecule has 4 aromatic rings. The molecule has 208 valence electrons. The van der Waals surface area contributed by atoms with Crippen molar-refractivity contribution in [2.45, 2.75) is 52.4 Å². The van der Waals surface area contributed by atoms with E-state index in [-0.39, 0.29) is 12.3 Å². The Bertz CT molecular complexity index is 1560. The van der Waals surface area contributed by atoms with Gasteiger partial charge in [-0.3, -0.25) is 25.2 Å². The van der Waals surface area contributed by atoms with Crippen LogP contribution in [-0.2, 0) is 25.7 Å². The number of esters is 1. The fourth-order valence-electron chi connectivity index (χ4n) is 4.01. The average molecular weight is 546 g/mol. The summed E-state index contributed by atoms with van der Waals surface area (Å²) in [5.41, 5.74) is 6.89. The van der Waals surface area contributed by atoms with Gasteiger partial charge < -0.3 is 19.8 Å². The van der Waals surface area contributed by atoms with Gasteiger partial charge in [0.25, 0.3) is 11.8 Å². The predicted molar refractivity (Wildman–Crippen MR) is 148 cm³/mol. The summed E-state index contributed by atoms with van der Waals surface area (Å²) in [7, 11) is 0. The van der Waals surface area contributed by atoms with Crippen LogP contribution < -0.4 is 16.2 Å². The quantitative estimate of drug-likeness (QED) is 0.204. The van der Waals surface area contributed by atoms with Crippen molar-refractivity contribution in [3.63, 3.8) is 0 Å². The van der Waals surface area contributed by atoms with Crippen LogP contribution in [0.15, 0.2) is 60.7 Å². The summed E-state index contributed by atoms with van der Waals surface area (Å²) in [5.74, 6) is -2.25. The number of carbonyl (C=O) groups is 4. The molecule has 11 nitrogen and oxygen atoms in total. The first-order valence-electron chi connectivity index (χ1n) is 12.7. The van der Waals surface area contributed by atoms with E-state index < -0.39 is 41.9 Å². The van der Waals surface area contributed by atoms with Crippen molar-refractivity contribution in [1.29, 1.82) is 0 Å². The van der Waals surface area contributed by atoms with Gasteiger partial charge in [0, 0.05) is 16.3 Å². The van der Waals surface area contributed by atoms with E-state index >= 15 is 0 Å². The summed E-state index contributed by atoms with van der Waals surface area (Å²) in [5, 5.41) is 4.11. The number of hydrogen-bond donors (Lipinski definition) is 4. The number of fused-ring (bicyclic) bond motifs is 3. The van der Waals surface area contributed by atoms with E-state index in [0.29, 0.717) is 5.69 Å². The smallest absolute Gasteiger partial charge is 0.408 e. The second kappa shape index (κ2) is 11.9. The van der Waals surface area contributed by atoms with Crippen LogP contribution in [-0.4, -0.2) is 45.5 Å². The standard InChI is InChI=1S/C29H31N5O6/c1-17-25-20(19-12-8-9-13-21(19)31-25)14-22(30-17)26(36)33-34-27(37)23(32-28(38)40-29(2,3)4)15-24(35)39-16-18-10-6-5-7-11-18/h5-14,23,31H,15-16H2,1-4H3,(H,32,38)(H,33,36)(H,34,37)/t23-/m0/s1. The molecule has 1 atom stereocenters. The van der Waals surface area contributed by atoms with Crippen LogP contribution in [0.5, 0.6) is 0 Å². The Labute approximate surface area is 230 Å². The molecular weight excluding hydrogens is 514 g/mol. The van der Waals surface area contributed by atoms with E-state index in [4.69, 9.17) is 9.47 Å². The van der Waals surface area contributed by atoms with Crippen molar-refractivity contribution < 1.29 is 28.7 Å². The van der Waals surface area contributed by atoms with Gasteiger partial charge in [-0.15, -0.1) is 0 Å². The summed E-state index contributed by atoms with van der Waals surface area (Å²) < 4.78 is 10.5. The zero-order valence-electron chi connectivity index (χ0n) is 22.7. The number of hydrazine groups is 1. The molecule has 40 heavy (non-hydrogen) atoms. The number of amides is 3. The van der Waals surface area contributed by atoms with Crippen molar-refractivity contribution in [1.82, 2.24) is 26.1 Å². The van der Waals surface area contributed by atoms with E-state index in [9.17, 15) is 19.2 Å². The Balaban J connectivity index is 1.44. The van der Waals surface area contributed by atoms with Crippen molar-refractivity contribution in [2.75, 3.05) is 0 Å². The number of para-hydroxylation sites is 1. The van der Waals surface area contributed by atoms with Crippen molar-refractivity contribution in [3.05, 3.63) is 77.6 Å². The molecule has 0 bridgehead atoms. The first-order valence-corrected chi connectivity index (χ1v) is 12.7. The predicted octanol–water partition coefficient (Wildman–Crippen LogP) is 3.81. The highest BCUT2D eigenvalue weighted by Gasteiger charge is 2.28. The normalized spacial score (nSPS) is 12.0. The first-order chi connectivity index (χ1) is 19.0. The van der Waals surface area contributed by atoms with Crippen LogP contribution in [0.1, 0.15) is 48.9 Å². The number of alkyl carbamates (subject to hydrolysis) is 1. The molecular formula is C29H31N5O6. The van der Waals surface area contributed by atoms with Gasteiger partial charge in [0.05, 0.1) is 17.6 Å². The van der Waals surface area contributed by atoms with E-state index in [1.807, 2.05) is 30.3 Å². The highest BCUT2D eigenvalue weighted by atomic mass is 16.6. The van der Waals surface area contributed by atoms with Crippen molar-refractivity contribution in [2.24, 2.45) is 0 Å². The third-order valence-corrected chi connectivity index (χ3v) is 5.83. The van der Waals surface area contributed by atoms with Crippen molar-refractivity contribution >= 4 is 45.7 Å². The maximum absolute atomic E-state index is 13.0. The second-order valence-corrected chi connectivity index (χ2v) is 10.2. The summed E-state index contributed by atoms with van der Waals surface area (Å²) in [6.07, 6.45) is -1.40. The fourth-order valence-corrected chi connectivity index (χ4v) is 4.01. The number of carbonyl (C=O) groups excluding carboxylic acids is 4. The van der Waals surface area contributed by atoms with E-state index in [2.05, 4.69) is 26.1 Å². The molecule has 0 radical (unpaired) electrons. The molecule has 2 heterocycles. The zero-order chi connectivity index (χ0) is 28.9. The number of hydrogen-bond acceptors (Lipinski definition) is 7. The average Bonchev–Trinajstić information content (AvgIpc) is 3.29. The molecule has 2 aromatic heterocycles. The fraction of sp³-hybridized carbons (Fsp3) is 0.276. The number of rotatable bonds is 7. The Morgan fingerprint density at radius 2 is 1.65 bits per heavy atom. The van der Waals surface area contributed by atoms with Gasteiger partial charge in [-0.05, 0) is 45.4 Å². The zero-order valence-corrected chi connectivity index (χ0v) is 22.7. The second-order valence-electron chi connectivity index (χ2n) is 10.2. The van der Waals surface area contributed by atoms with Gasteiger partial charge in [-0.1, -0.05) is 48.5 Å². The Hall–Kier alpha value is -4.93. The topological polar surface area (TPSA) is 152 Å². The number of aryl methyl sites for hydroxylation is 1. The van der Waals surface area contributed by atoms with Crippen molar-refractivity contribution in [3.8, 4) is 0 Å². The van der Waals surface area contributed by atoms with Gasteiger partial charge in [-0.25, -0.2) is 9.78 Å². The molecule has 0 saturated heterocycles. The molecule has 11 heteroatoms. The number of H-pyrrole nitrogens is 1. The minimum Gasteiger partial charge on any atom is -0.461 e. The third-order valence-electron chi connectivity index (χ3n) is 5.83. The minimum atomic E-state index is -1.38. The van der Waals surface area contributed by atoms with Gasteiger partial charge in [0.1, 0.15) is 23.9 Å². The lowest BCUT2D eigenvalue weighted by atomic mass is 10.1. The number of aromatic nitrogens is 2. The lowest BCUT2D eigenvalue weighted by molar-refractivity contribution is -0.147. The number of nitrogens with zero attached hydrogens (tertiary/aromatic N) is 1. The van der Waals surface area contributed by atoms with Crippen LogP contribution >= 0.6 is 0 Å². The maximum Gasteiger partial charge on any atom is 0.408 e. The molecule has 0 aliphatic rings. The molecule has 0 fully saturated rings. The molecule has 0 aliphatic heterocycles. The summed E-state index contributed by atoms with van der Waals surface area (Å²) in [6.45, 7) is 6.76. The molecule has 3 amide bonds. The summed E-state index contributed by atoms with van der Waals surface area (Å²) >= 11 is 0. The monoisotopic (exact) mass is 545 g/mol. The molecule has 4 N–H and O–H groups in total. The minimum absolute atomic E-state index is 0.00147. The van der Waals surface area contributed by atoms with Gasteiger partial charge >= 0.3 is 12.1 Å². The van der Waals surface area contributed by atoms with Crippen LogP contribution in [0, 0.1) is 6.92 Å². The Morgan fingerprint density at radius 1 is 0.950 bits per heavy atom. The number of aromatic amines is 1. The molecule has 4 rings (SSSR count). The molecule has 0 saturated carbocycles. The highest BCUT2D eigenvalue weighted by molar-refractivity contribution is 6.10. The van der Waals surface area contributed by atoms with Crippen LogP contribution in [0.2, 0.25) is 0 Å². The van der Waals surface area contributed by atoms with E-state index in [1.54, 1.807) is 58.0 Å². The maximum atomic E-state index is 13.0. The first kappa shape index (κ1) is 28.1. The van der Waals surface area contributed by atoms with Gasteiger partial charge in [0.15, 0.2) is 0 Å². The number of benzene rings is 2. The van der Waals surface area contributed by atoms with Crippen LogP contribution in [0.25, 0.3) is 21.8 Å². The summed E-state index contributed by atoms with van der Waals surface area (Å²) in [4.78, 5) is 58.4. The lowest BCUT2D eigenvalue weighted by Gasteiger charge is -2.23. The Morgan fingerprint density at radius 3 is 2.38 bits per heavy atom. The number of nitrogens with one attached hydrogen (secondary N) is 4. The largest absolute Gasteiger partial charge is 0.461 e. The van der Waals surface area contributed by atoms with Crippen LogP contribution in [0.4, 0.5) is 4.79 Å². The lowest BCUT2D eigenvalue weighted by Crippen LogP contribution is -2.53. The SMILES string of the molecule is Cc1nc(C(=O)NNC(=O)[C@H](CC(=O)OCc2ccccc2)NC(=O)OC(C)(C)C)cc2c1[nH]c1ccccc12. The van der Waals surface area contributed by atoms with Gasteiger partial charge in [0.2, 0.25) is 0 Å². The number of ether oxygens (including phenoxy) is 2. The molecule has 0 spiro atoms. The highest BCUT2D eigenvalue weighted by Crippen LogP contribution is 2.27. The van der Waals surface area contributed by atoms with Gasteiger partial charge in [-0.2, -0.15) is 0 Å². The molecule has 2 aromatic carbocycles. The third kappa shape index (κ3) is 7.13. The number of pyridine rings is 1. The van der Waals surface area contributed by atoms with Crippen LogP contribution in [0.3, 0.4) is 0 Å². The summed E-state index contributed by atoms with van der Waals surface area (Å²) in [6, 6.07) is 16.9. The Kier molecular flexibility index (Phi) is 8.32. The molecule has 0 aliphatic carbocycles. The van der Waals surface area contributed by atoms with E-state index in [1.165, 1.54) is 0 Å².